The summed E-state index contributed by atoms with van der Waals surface area (Å²) in [6.07, 6.45) is -2.99. The molecule has 20 heavy (non-hydrogen) atoms. The van der Waals surface area contributed by atoms with Gasteiger partial charge in [0.25, 0.3) is 6.43 Å². The lowest BCUT2D eigenvalue weighted by atomic mass is 10.3. The molecule has 7 nitrogen and oxygen atoms in total. The number of esters is 1. The van der Waals surface area contributed by atoms with E-state index in [0.29, 0.717) is 4.68 Å². The molecule has 1 N–H and O–H groups in total. The van der Waals surface area contributed by atoms with Crippen LogP contribution in [0.25, 0.3) is 0 Å². The van der Waals surface area contributed by atoms with Crippen LogP contribution in [0.2, 0.25) is 0 Å². The first-order chi connectivity index (χ1) is 9.36. The lowest BCUT2D eigenvalue weighted by Gasteiger charge is -2.10. The predicted octanol–water partition coefficient (Wildman–Crippen LogP) is 0.917. The van der Waals surface area contributed by atoms with Crippen molar-refractivity contribution in [1.82, 2.24) is 20.3 Å². The highest BCUT2D eigenvalue weighted by molar-refractivity contribution is 5.88. The summed E-state index contributed by atoms with van der Waals surface area (Å²) < 4.78 is 31.3. The number of rotatable bonds is 6. The van der Waals surface area contributed by atoms with Crippen LogP contribution in [0.1, 0.15) is 43.4 Å². The van der Waals surface area contributed by atoms with Gasteiger partial charge in [-0.15, -0.1) is 5.10 Å². The molecule has 0 bridgehead atoms. The molecular formula is C11H16F2N4O3. The van der Waals surface area contributed by atoms with Crippen molar-refractivity contribution >= 4 is 11.9 Å². The molecule has 0 aliphatic carbocycles. The zero-order valence-corrected chi connectivity index (χ0v) is 11.4. The van der Waals surface area contributed by atoms with E-state index in [1.165, 1.54) is 0 Å². The number of nitrogens with zero attached hydrogens (tertiary/aromatic N) is 3. The minimum absolute atomic E-state index is 0.0300. The molecule has 1 aromatic heterocycles. The van der Waals surface area contributed by atoms with Crippen LogP contribution in [0.5, 0.6) is 0 Å². The third-order valence-electron chi connectivity index (χ3n) is 2.19. The minimum Gasteiger partial charge on any atom is -0.461 e. The fourth-order valence-corrected chi connectivity index (χ4v) is 1.50. The van der Waals surface area contributed by atoms with Crippen molar-refractivity contribution < 1.29 is 23.1 Å². The number of aromatic nitrogens is 3. The van der Waals surface area contributed by atoms with Crippen molar-refractivity contribution in [2.45, 2.75) is 39.8 Å². The van der Waals surface area contributed by atoms with Gasteiger partial charge in [0, 0.05) is 6.04 Å². The molecule has 0 radical (unpaired) electrons. The van der Waals surface area contributed by atoms with Crippen molar-refractivity contribution in [3.63, 3.8) is 0 Å². The molecule has 0 aromatic carbocycles. The predicted molar refractivity (Wildman–Crippen MR) is 64.2 cm³/mol. The van der Waals surface area contributed by atoms with Gasteiger partial charge in [0.15, 0.2) is 5.69 Å². The van der Waals surface area contributed by atoms with Gasteiger partial charge >= 0.3 is 5.97 Å². The number of hydrogen-bond donors (Lipinski definition) is 1. The van der Waals surface area contributed by atoms with Gasteiger partial charge in [-0.25, -0.2) is 18.3 Å². The molecule has 0 aliphatic rings. The van der Waals surface area contributed by atoms with Gasteiger partial charge < -0.3 is 10.1 Å². The fourth-order valence-electron chi connectivity index (χ4n) is 1.50. The molecule has 0 spiro atoms. The van der Waals surface area contributed by atoms with Crippen molar-refractivity contribution in [2.24, 2.45) is 0 Å². The molecule has 1 heterocycles. The summed E-state index contributed by atoms with van der Waals surface area (Å²) in [7, 11) is 0. The van der Waals surface area contributed by atoms with Gasteiger partial charge in [0.05, 0.1) is 6.61 Å². The maximum Gasteiger partial charge on any atom is 0.361 e. The zero-order chi connectivity index (χ0) is 15.3. The topological polar surface area (TPSA) is 86.1 Å². The summed E-state index contributed by atoms with van der Waals surface area (Å²) in [5.41, 5.74) is -1.29. The largest absolute Gasteiger partial charge is 0.461 e. The molecule has 0 saturated carbocycles. The Hall–Kier alpha value is -2.06. The average molecular weight is 290 g/mol. The summed E-state index contributed by atoms with van der Waals surface area (Å²) in [4.78, 5) is 23.0. The van der Waals surface area contributed by atoms with Crippen LogP contribution in [-0.4, -0.2) is 39.5 Å². The molecule has 0 saturated heterocycles. The Morgan fingerprint density at radius 3 is 2.55 bits per heavy atom. The summed E-state index contributed by atoms with van der Waals surface area (Å²) in [5.74, 6) is -1.49. The smallest absolute Gasteiger partial charge is 0.361 e. The SMILES string of the molecule is CCOC(=O)c1nnn(CC(=O)NC(C)C)c1C(F)F. The Balaban J connectivity index is 2.97. The maximum absolute atomic E-state index is 13.0. The van der Waals surface area contributed by atoms with Crippen molar-refractivity contribution in [3.8, 4) is 0 Å². The number of carbonyl (C=O) groups is 2. The summed E-state index contributed by atoms with van der Waals surface area (Å²) >= 11 is 0. The minimum atomic E-state index is -2.99. The van der Waals surface area contributed by atoms with E-state index in [4.69, 9.17) is 0 Å². The van der Waals surface area contributed by atoms with E-state index >= 15 is 0 Å². The Labute approximate surface area is 114 Å². The van der Waals surface area contributed by atoms with Crippen LogP contribution in [0.4, 0.5) is 8.78 Å². The van der Waals surface area contributed by atoms with Crippen LogP contribution < -0.4 is 5.32 Å². The molecule has 0 aliphatic heterocycles. The highest BCUT2D eigenvalue weighted by Crippen LogP contribution is 2.21. The van der Waals surface area contributed by atoms with Crippen LogP contribution in [0.3, 0.4) is 0 Å². The summed E-state index contributed by atoms with van der Waals surface area (Å²) in [5, 5.41) is 9.31. The second kappa shape index (κ2) is 6.92. The standard InChI is InChI=1S/C11H16F2N4O3/c1-4-20-11(19)8-9(10(12)13)17(16-15-8)5-7(18)14-6(2)3/h6,10H,4-5H2,1-3H3,(H,14,18). The maximum atomic E-state index is 13.0. The Kier molecular flexibility index (Phi) is 5.53. The number of amides is 1. The van der Waals surface area contributed by atoms with Gasteiger partial charge in [-0.1, -0.05) is 5.21 Å². The second-order valence-electron chi connectivity index (χ2n) is 4.22. The zero-order valence-electron chi connectivity index (χ0n) is 11.4. The third-order valence-corrected chi connectivity index (χ3v) is 2.19. The van der Waals surface area contributed by atoms with Crippen molar-refractivity contribution in [3.05, 3.63) is 11.4 Å². The number of hydrogen-bond acceptors (Lipinski definition) is 5. The van der Waals surface area contributed by atoms with Gasteiger partial charge in [-0.3, -0.25) is 4.79 Å². The molecule has 9 heteroatoms. The van der Waals surface area contributed by atoms with Gasteiger partial charge in [0.2, 0.25) is 5.91 Å². The molecule has 1 amide bonds. The van der Waals surface area contributed by atoms with E-state index in [1.807, 2.05) is 0 Å². The molecule has 0 fully saturated rings. The Morgan fingerprint density at radius 1 is 1.40 bits per heavy atom. The normalized spacial score (nSPS) is 10.9. The first-order valence-electron chi connectivity index (χ1n) is 6.04. The molecule has 1 rings (SSSR count). The molecular weight excluding hydrogens is 274 g/mol. The van der Waals surface area contributed by atoms with Gasteiger partial charge in [-0.05, 0) is 20.8 Å². The molecule has 1 aromatic rings. The van der Waals surface area contributed by atoms with E-state index in [0.717, 1.165) is 0 Å². The number of nitrogens with one attached hydrogen (secondary N) is 1. The quantitative estimate of drug-likeness (QED) is 0.787. The number of carbonyl (C=O) groups excluding carboxylic acids is 2. The van der Waals surface area contributed by atoms with Crippen LogP contribution in [-0.2, 0) is 16.1 Å². The van der Waals surface area contributed by atoms with E-state index in [2.05, 4.69) is 20.4 Å². The fraction of sp³-hybridized carbons (Fsp3) is 0.636. The molecule has 0 atom stereocenters. The lowest BCUT2D eigenvalue weighted by molar-refractivity contribution is -0.122. The van der Waals surface area contributed by atoms with Crippen LogP contribution >= 0.6 is 0 Å². The summed E-state index contributed by atoms with van der Waals surface area (Å²) in [6, 6.07) is -0.134. The van der Waals surface area contributed by atoms with Crippen molar-refractivity contribution in [2.75, 3.05) is 6.61 Å². The molecule has 0 unspecified atom stereocenters. The number of halogens is 2. The van der Waals surface area contributed by atoms with E-state index in [-0.39, 0.29) is 12.6 Å². The van der Waals surface area contributed by atoms with Gasteiger partial charge in [0.1, 0.15) is 12.2 Å². The van der Waals surface area contributed by atoms with Crippen LogP contribution in [0.15, 0.2) is 0 Å². The third kappa shape index (κ3) is 3.97. The number of ether oxygens (including phenoxy) is 1. The van der Waals surface area contributed by atoms with Crippen molar-refractivity contribution in [1.29, 1.82) is 0 Å². The number of alkyl halides is 2. The highest BCUT2D eigenvalue weighted by atomic mass is 19.3. The van der Waals surface area contributed by atoms with E-state index < -0.39 is 36.2 Å². The van der Waals surface area contributed by atoms with Crippen LogP contribution in [0, 0.1) is 0 Å². The molecule has 112 valence electrons. The Morgan fingerprint density at radius 2 is 2.05 bits per heavy atom. The highest BCUT2D eigenvalue weighted by Gasteiger charge is 2.28. The van der Waals surface area contributed by atoms with Gasteiger partial charge in [-0.2, -0.15) is 0 Å². The first-order valence-corrected chi connectivity index (χ1v) is 6.04. The Bertz CT molecular complexity index is 488. The lowest BCUT2D eigenvalue weighted by Crippen LogP contribution is -2.33. The first kappa shape index (κ1) is 16.0. The second-order valence-corrected chi connectivity index (χ2v) is 4.22. The summed E-state index contributed by atoms with van der Waals surface area (Å²) in [6.45, 7) is 4.60. The monoisotopic (exact) mass is 290 g/mol. The van der Waals surface area contributed by atoms with E-state index in [1.54, 1.807) is 20.8 Å². The van der Waals surface area contributed by atoms with E-state index in [9.17, 15) is 18.4 Å². The average Bonchev–Trinajstić information content (AvgIpc) is 2.71.